The number of esters is 1. The van der Waals surface area contributed by atoms with Crippen LogP contribution in [0.5, 0.6) is 0 Å². The van der Waals surface area contributed by atoms with Crippen LogP contribution in [0.4, 0.5) is 0 Å². The fraction of sp³-hybridized carbons (Fsp3) is 0.476. The molecule has 4 rings (SSSR count). The average Bonchev–Trinajstić information content (AvgIpc) is 3.31. The summed E-state index contributed by atoms with van der Waals surface area (Å²) in [7, 11) is 2.06. The summed E-state index contributed by atoms with van der Waals surface area (Å²) in [6.45, 7) is 2.76. The van der Waals surface area contributed by atoms with Crippen LogP contribution in [0.3, 0.4) is 0 Å². The average molecular weight is 400 g/mol. The van der Waals surface area contributed by atoms with E-state index in [0.29, 0.717) is 31.5 Å². The predicted molar refractivity (Wildman–Crippen MR) is 107 cm³/mol. The maximum absolute atomic E-state index is 12.7. The number of likely N-dealkylation sites (N-methyl/N-ethyl adjacent to an activating group) is 1. The van der Waals surface area contributed by atoms with Gasteiger partial charge in [0.15, 0.2) is 0 Å². The van der Waals surface area contributed by atoms with Gasteiger partial charge < -0.3 is 9.64 Å². The van der Waals surface area contributed by atoms with Crippen molar-refractivity contribution in [1.82, 2.24) is 14.8 Å². The molecule has 0 aromatic carbocycles. The molecule has 2 aliphatic rings. The highest BCUT2D eigenvalue weighted by Gasteiger charge is 2.50. The molecule has 2 aromatic heterocycles. The van der Waals surface area contributed by atoms with Crippen LogP contribution in [0.2, 0.25) is 0 Å². The summed E-state index contributed by atoms with van der Waals surface area (Å²) in [4.78, 5) is 33.3. The Balaban J connectivity index is 1.32. The number of piperidine rings is 1. The van der Waals surface area contributed by atoms with Gasteiger partial charge in [-0.1, -0.05) is 0 Å². The third-order valence-corrected chi connectivity index (χ3v) is 6.52. The van der Waals surface area contributed by atoms with E-state index in [2.05, 4.69) is 33.8 Å². The maximum Gasteiger partial charge on any atom is 0.312 e. The molecule has 28 heavy (non-hydrogen) atoms. The molecule has 0 bridgehead atoms. The zero-order chi connectivity index (χ0) is 19.6. The second kappa shape index (κ2) is 8.01. The molecule has 0 N–H and O–H groups in total. The van der Waals surface area contributed by atoms with E-state index in [1.54, 1.807) is 35.9 Å². The number of hydrogen-bond donors (Lipinski definition) is 0. The number of rotatable bonds is 5. The molecule has 2 fully saturated rings. The van der Waals surface area contributed by atoms with E-state index < -0.39 is 5.41 Å². The number of nitrogens with zero attached hydrogens (tertiary/aromatic N) is 3. The molecule has 1 atom stereocenters. The van der Waals surface area contributed by atoms with E-state index in [1.807, 2.05) is 4.90 Å². The van der Waals surface area contributed by atoms with Crippen LogP contribution in [-0.2, 0) is 16.1 Å². The van der Waals surface area contributed by atoms with Gasteiger partial charge in [-0.05, 0) is 54.4 Å². The van der Waals surface area contributed by atoms with Gasteiger partial charge in [-0.2, -0.15) is 11.3 Å². The smallest absolute Gasteiger partial charge is 0.312 e. The normalized spacial score (nSPS) is 21.3. The summed E-state index contributed by atoms with van der Waals surface area (Å²) in [5.41, 5.74) is 1.45. The highest BCUT2D eigenvalue weighted by molar-refractivity contribution is 7.07. The second-order valence-corrected chi connectivity index (χ2v) is 8.65. The van der Waals surface area contributed by atoms with Crippen molar-refractivity contribution >= 4 is 23.2 Å². The molecule has 0 radical (unpaired) electrons. The van der Waals surface area contributed by atoms with Crippen molar-refractivity contribution in [3.63, 3.8) is 0 Å². The first kappa shape index (κ1) is 19.1. The lowest BCUT2D eigenvalue weighted by atomic mass is 9.76. The van der Waals surface area contributed by atoms with Gasteiger partial charge in [0.25, 0.3) is 5.91 Å². The molecular formula is C21H25N3O3S. The van der Waals surface area contributed by atoms with E-state index >= 15 is 0 Å². The number of thiophene rings is 1. The largest absolute Gasteiger partial charge is 0.461 e. The number of amides is 1. The fourth-order valence-electron chi connectivity index (χ4n) is 4.26. The summed E-state index contributed by atoms with van der Waals surface area (Å²) in [5.74, 6) is -0.101. The number of cyclic esters (lactones) is 1. The first-order chi connectivity index (χ1) is 13.6. The highest BCUT2D eigenvalue weighted by atomic mass is 32.1. The Bertz CT molecular complexity index is 817. The Morgan fingerprint density at radius 3 is 2.89 bits per heavy atom. The van der Waals surface area contributed by atoms with Crippen LogP contribution < -0.4 is 0 Å². The molecule has 4 heterocycles. The number of aromatic nitrogens is 1. The van der Waals surface area contributed by atoms with Crippen LogP contribution in [0.25, 0.3) is 0 Å². The molecule has 148 valence electrons. The Hall–Kier alpha value is -2.25. The van der Waals surface area contributed by atoms with Gasteiger partial charge in [0.2, 0.25) is 0 Å². The monoisotopic (exact) mass is 399 g/mol. The SMILES string of the molecule is CN(Cc1ccsc1)CC1CC2(CCN(C(=O)c3cccnc3)CC2)C(=O)O1. The predicted octanol–water partition coefficient (Wildman–Crippen LogP) is 2.81. The molecule has 1 amide bonds. The summed E-state index contributed by atoms with van der Waals surface area (Å²) >= 11 is 1.69. The van der Waals surface area contributed by atoms with E-state index in [-0.39, 0.29) is 18.0 Å². The van der Waals surface area contributed by atoms with Crippen molar-refractivity contribution in [3.05, 3.63) is 52.5 Å². The van der Waals surface area contributed by atoms with Crippen LogP contribution >= 0.6 is 11.3 Å². The lowest BCUT2D eigenvalue weighted by Gasteiger charge is -2.36. The Labute approximate surface area is 169 Å². The summed E-state index contributed by atoms with van der Waals surface area (Å²) in [6, 6.07) is 5.67. The van der Waals surface area contributed by atoms with Crippen molar-refractivity contribution in [2.45, 2.75) is 31.9 Å². The van der Waals surface area contributed by atoms with E-state index in [0.717, 1.165) is 19.5 Å². The van der Waals surface area contributed by atoms with Crippen molar-refractivity contribution in [2.24, 2.45) is 5.41 Å². The number of hydrogen-bond acceptors (Lipinski definition) is 6. The van der Waals surface area contributed by atoms with Gasteiger partial charge in [-0.3, -0.25) is 19.5 Å². The Kier molecular flexibility index (Phi) is 5.46. The zero-order valence-electron chi connectivity index (χ0n) is 16.0. The summed E-state index contributed by atoms with van der Waals surface area (Å²) < 4.78 is 5.73. The minimum Gasteiger partial charge on any atom is -0.461 e. The van der Waals surface area contributed by atoms with Crippen LogP contribution in [0, 0.1) is 5.41 Å². The van der Waals surface area contributed by atoms with Gasteiger partial charge in [-0.15, -0.1) is 0 Å². The standard InChI is InChI=1S/C21H25N3O3S/c1-23(13-16-4-10-28-15-16)14-18-11-21(20(26)27-18)5-8-24(9-6-21)19(25)17-3-2-7-22-12-17/h2-4,7,10,12,15,18H,5-6,8-9,11,13-14H2,1H3. The van der Waals surface area contributed by atoms with Crippen molar-refractivity contribution in [3.8, 4) is 0 Å². The minimum atomic E-state index is -0.431. The van der Waals surface area contributed by atoms with Gasteiger partial charge >= 0.3 is 5.97 Å². The lowest BCUT2D eigenvalue weighted by Crippen LogP contribution is -2.45. The van der Waals surface area contributed by atoms with E-state index in [1.165, 1.54) is 5.56 Å². The lowest BCUT2D eigenvalue weighted by molar-refractivity contribution is -0.151. The van der Waals surface area contributed by atoms with Gasteiger partial charge in [-0.25, -0.2) is 0 Å². The quantitative estimate of drug-likeness (QED) is 0.724. The number of ether oxygens (including phenoxy) is 1. The van der Waals surface area contributed by atoms with Crippen molar-refractivity contribution < 1.29 is 14.3 Å². The first-order valence-electron chi connectivity index (χ1n) is 9.66. The number of carbonyl (C=O) groups excluding carboxylic acids is 2. The highest BCUT2D eigenvalue weighted by Crippen LogP contribution is 2.43. The Morgan fingerprint density at radius 1 is 1.39 bits per heavy atom. The summed E-state index contributed by atoms with van der Waals surface area (Å²) in [6.07, 6.45) is 5.26. The first-order valence-corrected chi connectivity index (χ1v) is 10.6. The molecule has 1 spiro atoms. The van der Waals surface area contributed by atoms with Crippen LogP contribution in [-0.4, -0.2) is 59.4 Å². The molecule has 2 aromatic rings. The molecule has 1 unspecified atom stereocenters. The topological polar surface area (TPSA) is 62.7 Å². The van der Waals surface area contributed by atoms with E-state index in [9.17, 15) is 9.59 Å². The molecule has 7 heteroatoms. The van der Waals surface area contributed by atoms with Gasteiger partial charge in [0.05, 0.1) is 11.0 Å². The molecular weight excluding hydrogens is 374 g/mol. The second-order valence-electron chi connectivity index (χ2n) is 7.87. The van der Waals surface area contributed by atoms with Crippen LogP contribution in [0.1, 0.15) is 35.2 Å². The summed E-state index contributed by atoms with van der Waals surface area (Å²) in [5, 5.41) is 4.22. The third kappa shape index (κ3) is 3.95. The number of likely N-dealkylation sites (tertiary alicyclic amines) is 1. The molecule has 2 saturated heterocycles. The zero-order valence-corrected chi connectivity index (χ0v) is 16.9. The third-order valence-electron chi connectivity index (χ3n) is 5.79. The van der Waals surface area contributed by atoms with Crippen molar-refractivity contribution in [2.75, 3.05) is 26.7 Å². The minimum absolute atomic E-state index is 0.0126. The molecule has 6 nitrogen and oxygen atoms in total. The van der Waals surface area contributed by atoms with Crippen LogP contribution in [0.15, 0.2) is 41.4 Å². The van der Waals surface area contributed by atoms with Crippen molar-refractivity contribution in [1.29, 1.82) is 0 Å². The molecule has 2 aliphatic heterocycles. The van der Waals surface area contributed by atoms with Gasteiger partial charge in [0.1, 0.15) is 6.10 Å². The number of pyridine rings is 1. The maximum atomic E-state index is 12.7. The molecule has 0 aliphatic carbocycles. The fourth-order valence-corrected chi connectivity index (χ4v) is 4.92. The number of carbonyl (C=O) groups is 2. The van der Waals surface area contributed by atoms with E-state index in [4.69, 9.17) is 4.74 Å². The Morgan fingerprint density at radius 2 is 2.21 bits per heavy atom. The molecule has 0 saturated carbocycles. The van der Waals surface area contributed by atoms with Gasteiger partial charge in [0, 0.05) is 45.0 Å².